The molecule has 2 heterocycles. The molecule has 3 aromatic rings. The fraction of sp³-hybridized carbons (Fsp3) is 0.455. The van der Waals surface area contributed by atoms with Crippen molar-refractivity contribution in [2.75, 3.05) is 5.32 Å². The lowest BCUT2D eigenvalue weighted by Gasteiger charge is -2.09. The molecule has 0 bridgehead atoms. The number of carbonyl (C=O) groups excluding carboxylic acids is 1. The normalized spacial score (nSPS) is 11.5. The average molecular weight is 367 g/mol. The minimum Gasteiger partial charge on any atom is -0.347 e. The van der Waals surface area contributed by atoms with Crippen LogP contribution >= 0.6 is 0 Å². The average Bonchev–Trinajstić information content (AvgIpc) is 3.11. The summed E-state index contributed by atoms with van der Waals surface area (Å²) >= 11 is 0. The zero-order valence-electron chi connectivity index (χ0n) is 17.0. The number of nitrogens with zero attached hydrogens (tertiary/aromatic N) is 3. The molecule has 0 atom stereocenters. The minimum atomic E-state index is -0.00219. The smallest absolute Gasteiger partial charge is 0.228 e. The SMILES string of the molecule is CCCn1ccc2cc(NC(=O)Cc3c(C)nn(CC(C)C)c3C)ccc21. The molecule has 0 saturated heterocycles. The number of amides is 1. The number of anilines is 1. The molecule has 0 aliphatic carbocycles. The van der Waals surface area contributed by atoms with Gasteiger partial charge in [0, 0.05) is 47.1 Å². The molecule has 0 spiro atoms. The van der Waals surface area contributed by atoms with Gasteiger partial charge in [0.1, 0.15) is 0 Å². The molecule has 0 aliphatic rings. The number of benzene rings is 1. The molecule has 5 heteroatoms. The Morgan fingerprint density at radius 2 is 2.00 bits per heavy atom. The number of fused-ring (bicyclic) bond motifs is 1. The summed E-state index contributed by atoms with van der Waals surface area (Å²) in [7, 11) is 0. The van der Waals surface area contributed by atoms with Crippen molar-refractivity contribution >= 4 is 22.5 Å². The maximum absolute atomic E-state index is 12.6. The highest BCUT2D eigenvalue weighted by molar-refractivity contribution is 5.95. The van der Waals surface area contributed by atoms with Crippen LogP contribution in [0.2, 0.25) is 0 Å². The monoisotopic (exact) mass is 366 g/mol. The molecule has 0 saturated carbocycles. The number of aromatic nitrogens is 3. The van der Waals surface area contributed by atoms with Crippen LogP contribution in [0.15, 0.2) is 30.5 Å². The molecule has 0 unspecified atom stereocenters. The van der Waals surface area contributed by atoms with Crippen molar-refractivity contribution in [2.24, 2.45) is 5.92 Å². The third kappa shape index (κ3) is 4.24. The molecule has 1 N–H and O–H groups in total. The van der Waals surface area contributed by atoms with Gasteiger partial charge in [-0.15, -0.1) is 0 Å². The highest BCUT2D eigenvalue weighted by Crippen LogP contribution is 2.22. The largest absolute Gasteiger partial charge is 0.347 e. The van der Waals surface area contributed by atoms with Crippen LogP contribution in [0.4, 0.5) is 5.69 Å². The summed E-state index contributed by atoms with van der Waals surface area (Å²) in [4.78, 5) is 12.6. The lowest BCUT2D eigenvalue weighted by atomic mass is 10.1. The summed E-state index contributed by atoms with van der Waals surface area (Å²) in [5, 5.41) is 8.80. The van der Waals surface area contributed by atoms with Crippen molar-refractivity contribution < 1.29 is 4.79 Å². The number of aryl methyl sites for hydroxylation is 2. The van der Waals surface area contributed by atoms with Gasteiger partial charge < -0.3 is 9.88 Å². The fourth-order valence-electron chi connectivity index (χ4n) is 3.59. The van der Waals surface area contributed by atoms with Gasteiger partial charge >= 0.3 is 0 Å². The van der Waals surface area contributed by atoms with Crippen molar-refractivity contribution in [1.29, 1.82) is 0 Å². The second-order valence-electron chi connectivity index (χ2n) is 7.73. The van der Waals surface area contributed by atoms with Gasteiger partial charge in [-0.1, -0.05) is 20.8 Å². The van der Waals surface area contributed by atoms with Crippen molar-refractivity contribution in [1.82, 2.24) is 14.3 Å². The maximum Gasteiger partial charge on any atom is 0.228 e. The minimum absolute atomic E-state index is 0.00219. The first-order valence-electron chi connectivity index (χ1n) is 9.80. The van der Waals surface area contributed by atoms with Gasteiger partial charge in [0.15, 0.2) is 0 Å². The topological polar surface area (TPSA) is 51.9 Å². The Balaban J connectivity index is 1.73. The maximum atomic E-state index is 12.6. The first kappa shape index (κ1) is 19.2. The molecule has 0 fully saturated rings. The predicted octanol–water partition coefficient (Wildman–Crippen LogP) is 4.70. The second-order valence-corrected chi connectivity index (χ2v) is 7.73. The van der Waals surface area contributed by atoms with Crippen LogP contribution in [0, 0.1) is 19.8 Å². The van der Waals surface area contributed by atoms with Crippen molar-refractivity contribution in [2.45, 2.75) is 60.5 Å². The van der Waals surface area contributed by atoms with Crippen LogP contribution in [-0.2, 0) is 24.3 Å². The summed E-state index contributed by atoms with van der Waals surface area (Å²) < 4.78 is 4.27. The van der Waals surface area contributed by atoms with Crippen molar-refractivity contribution in [3.8, 4) is 0 Å². The molecule has 3 rings (SSSR count). The molecule has 0 aliphatic heterocycles. The van der Waals surface area contributed by atoms with Crippen LogP contribution in [0.25, 0.3) is 10.9 Å². The van der Waals surface area contributed by atoms with E-state index in [1.807, 2.05) is 30.7 Å². The van der Waals surface area contributed by atoms with Crippen LogP contribution in [-0.4, -0.2) is 20.3 Å². The highest BCUT2D eigenvalue weighted by Gasteiger charge is 2.16. The molecule has 144 valence electrons. The van der Waals surface area contributed by atoms with Gasteiger partial charge in [-0.25, -0.2) is 0 Å². The van der Waals surface area contributed by atoms with Gasteiger partial charge in [-0.05, 0) is 50.5 Å². The zero-order valence-corrected chi connectivity index (χ0v) is 17.0. The third-order valence-electron chi connectivity index (χ3n) is 4.93. The molecule has 1 aromatic carbocycles. The quantitative estimate of drug-likeness (QED) is 0.659. The lowest BCUT2D eigenvalue weighted by Crippen LogP contribution is -2.15. The number of hydrogen-bond donors (Lipinski definition) is 1. The Labute approximate surface area is 161 Å². The van der Waals surface area contributed by atoms with Gasteiger partial charge in [0.2, 0.25) is 5.91 Å². The van der Waals surface area contributed by atoms with E-state index < -0.39 is 0 Å². The van der Waals surface area contributed by atoms with E-state index in [0.717, 1.165) is 47.5 Å². The van der Waals surface area contributed by atoms with E-state index in [2.05, 4.69) is 54.1 Å². The summed E-state index contributed by atoms with van der Waals surface area (Å²) in [5.41, 5.74) is 5.10. The van der Waals surface area contributed by atoms with E-state index in [0.29, 0.717) is 12.3 Å². The van der Waals surface area contributed by atoms with Gasteiger partial charge in [0.25, 0.3) is 0 Å². The fourth-order valence-corrected chi connectivity index (χ4v) is 3.59. The van der Waals surface area contributed by atoms with Crippen LogP contribution < -0.4 is 5.32 Å². The van der Waals surface area contributed by atoms with Crippen LogP contribution in [0.5, 0.6) is 0 Å². The Bertz CT molecular complexity index is 949. The second kappa shape index (κ2) is 7.99. The molecule has 5 nitrogen and oxygen atoms in total. The summed E-state index contributed by atoms with van der Waals surface area (Å²) in [6.07, 6.45) is 3.56. The number of carbonyl (C=O) groups is 1. The van der Waals surface area contributed by atoms with E-state index in [1.165, 1.54) is 5.52 Å². The summed E-state index contributed by atoms with van der Waals surface area (Å²) in [6, 6.07) is 8.21. The van der Waals surface area contributed by atoms with Gasteiger partial charge in [0.05, 0.1) is 12.1 Å². The highest BCUT2D eigenvalue weighted by atomic mass is 16.1. The number of nitrogens with one attached hydrogen (secondary N) is 1. The molecular formula is C22H30N4O. The van der Waals surface area contributed by atoms with Crippen molar-refractivity contribution in [3.05, 3.63) is 47.4 Å². The van der Waals surface area contributed by atoms with E-state index in [4.69, 9.17) is 0 Å². The Kier molecular flexibility index (Phi) is 5.68. The predicted molar refractivity (Wildman–Crippen MR) is 111 cm³/mol. The zero-order chi connectivity index (χ0) is 19.6. The van der Waals surface area contributed by atoms with E-state index in [9.17, 15) is 4.79 Å². The molecule has 27 heavy (non-hydrogen) atoms. The first-order valence-corrected chi connectivity index (χ1v) is 9.80. The van der Waals surface area contributed by atoms with E-state index in [-0.39, 0.29) is 5.91 Å². The van der Waals surface area contributed by atoms with Gasteiger partial charge in [-0.2, -0.15) is 5.10 Å². The van der Waals surface area contributed by atoms with Gasteiger partial charge in [-0.3, -0.25) is 9.48 Å². The number of rotatable bonds is 7. The molecule has 0 radical (unpaired) electrons. The number of hydrogen-bond acceptors (Lipinski definition) is 2. The van der Waals surface area contributed by atoms with E-state index in [1.54, 1.807) is 0 Å². The summed E-state index contributed by atoms with van der Waals surface area (Å²) in [5.74, 6) is 0.522. The first-order chi connectivity index (χ1) is 12.9. The Morgan fingerprint density at radius 1 is 1.22 bits per heavy atom. The molecule has 1 amide bonds. The van der Waals surface area contributed by atoms with Crippen molar-refractivity contribution in [3.63, 3.8) is 0 Å². The third-order valence-corrected chi connectivity index (χ3v) is 4.93. The lowest BCUT2D eigenvalue weighted by molar-refractivity contribution is -0.115. The Morgan fingerprint density at radius 3 is 2.70 bits per heavy atom. The molecular weight excluding hydrogens is 336 g/mol. The van der Waals surface area contributed by atoms with Crippen LogP contribution in [0.3, 0.4) is 0 Å². The van der Waals surface area contributed by atoms with Crippen LogP contribution in [0.1, 0.15) is 44.1 Å². The summed E-state index contributed by atoms with van der Waals surface area (Å²) in [6.45, 7) is 12.4. The Hall–Kier alpha value is -2.56. The van der Waals surface area contributed by atoms with E-state index >= 15 is 0 Å². The standard InChI is InChI=1S/C22H30N4O/c1-6-10-25-11-9-18-12-19(7-8-21(18)25)23-22(27)13-20-16(4)24-26(17(20)5)14-15(2)3/h7-9,11-12,15H,6,10,13-14H2,1-5H3,(H,23,27). The molecule has 2 aromatic heterocycles.